The Morgan fingerprint density at radius 1 is 0.298 bits per heavy atom. The normalized spacial score (nSPS) is 14.8. The summed E-state index contributed by atoms with van der Waals surface area (Å²) in [5, 5.41) is 83.4. The summed E-state index contributed by atoms with van der Waals surface area (Å²) in [5.74, 6) is 0. The lowest BCUT2D eigenvalue weighted by Crippen LogP contribution is -2.47. The minimum Gasteiger partial charge on any atom is -0.389 e. The second-order valence-electron chi connectivity index (χ2n) is 27.2. The van der Waals surface area contributed by atoms with Gasteiger partial charge in [-0.25, -0.2) is 0 Å². The molecule has 0 bridgehead atoms. The van der Waals surface area contributed by atoms with Gasteiger partial charge in [0.15, 0.2) is 0 Å². The van der Waals surface area contributed by atoms with Crippen molar-refractivity contribution in [3.05, 3.63) is 0 Å². The largest absolute Gasteiger partial charge is 0.500 e. The first-order chi connectivity index (χ1) is 49.6. The molecule has 0 saturated heterocycles. The van der Waals surface area contributed by atoms with Gasteiger partial charge in [0.25, 0.3) is 0 Å². The molecule has 0 aromatic carbocycles. The predicted molar refractivity (Wildman–Crippen MR) is 411 cm³/mol. The first-order valence-corrected chi connectivity index (χ1v) is 44.7. The second-order valence-corrected chi connectivity index (χ2v) is 39.6. The fourth-order valence-corrected chi connectivity index (χ4v) is 17.1. The van der Waals surface area contributed by atoms with E-state index in [-0.39, 0.29) is 44.2 Å². The van der Waals surface area contributed by atoms with Crippen LogP contribution in [0, 0.1) is 0 Å². The number of nitrogens with two attached hydrogens (primary N) is 1. The van der Waals surface area contributed by atoms with Gasteiger partial charge in [0.2, 0.25) is 0 Å². The van der Waals surface area contributed by atoms with Crippen molar-refractivity contribution in [2.75, 3.05) is 295 Å². The number of hydrogen-bond acceptors (Lipinski definition) is 34. The van der Waals surface area contributed by atoms with Gasteiger partial charge in [0.05, 0.1) is 87.5 Å². The maximum Gasteiger partial charge on any atom is 0.500 e. The second kappa shape index (κ2) is 66.0. The third kappa shape index (κ3) is 57.5. The van der Waals surface area contributed by atoms with Crippen LogP contribution in [0.25, 0.3) is 0 Å². The highest BCUT2D eigenvalue weighted by Gasteiger charge is 2.40. The Balaban J connectivity index is 0. The number of nitrogens with zero attached hydrogens (tertiary/aromatic N) is 3. The van der Waals surface area contributed by atoms with E-state index in [9.17, 15) is 30.6 Å². The third-order valence-electron chi connectivity index (χ3n) is 16.5. The standard InChI is InChI=1S/2C33H77N5O12Si2/c1-33(2,3)50-29-32(41)26-37(16-14-35-13-12-34)18-19-38(25-31(40)28-49-21-11-23-52(45-7,46-8)47-9)17-15-36-24-30(39)27-48-20-10-22-51(42-4,43-5)44-6;1-33(2,3)50-29-31(40)25-36-15-14-34-12-13-35-16-18-38(26-32(41)28-49-21-11-23-52(45-7,46-8)47-9)19-17-37-24-30(39)27-48-20-10-22-51(42-4,43-5)44-6/h30-32,35-36,39-41H,10-29,34H2,1-9H3;30-32,34-37,39-41H,10-29H2,1-9H3. The van der Waals surface area contributed by atoms with Gasteiger partial charge in [-0.05, 0) is 67.2 Å². The van der Waals surface area contributed by atoms with E-state index in [1.165, 1.54) is 0 Å². The maximum atomic E-state index is 10.9. The minimum atomic E-state index is -2.67. The molecule has 0 fully saturated rings. The van der Waals surface area contributed by atoms with Crippen molar-refractivity contribution in [1.29, 1.82) is 0 Å². The number of ether oxygens (including phenoxy) is 6. The Labute approximate surface area is 631 Å². The molecule has 6 unspecified atom stereocenters. The molecule has 628 valence electrons. The molecule has 0 aromatic heterocycles. The fourth-order valence-electron chi connectivity index (χ4n) is 10.3. The number of nitrogens with one attached hydrogen (secondary N) is 6. The van der Waals surface area contributed by atoms with E-state index < -0.39 is 71.8 Å². The van der Waals surface area contributed by atoms with Gasteiger partial charge < -0.3 is 150 Å². The highest BCUT2D eigenvalue weighted by molar-refractivity contribution is 6.61. The molecule has 104 heavy (non-hydrogen) atoms. The van der Waals surface area contributed by atoms with Crippen LogP contribution in [0.1, 0.15) is 67.2 Å². The van der Waals surface area contributed by atoms with Crippen LogP contribution in [0.3, 0.4) is 0 Å². The minimum absolute atomic E-state index is 0.180. The van der Waals surface area contributed by atoms with E-state index in [2.05, 4.69) is 46.6 Å². The van der Waals surface area contributed by atoms with E-state index >= 15 is 0 Å². The first kappa shape index (κ1) is 106. The van der Waals surface area contributed by atoms with Crippen molar-refractivity contribution in [1.82, 2.24) is 46.6 Å². The van der Waals surface area contributed by atoms with Crippen molar-refractivity contribution in [2.45, 2.75) is 139 Å². The molecular formula is C66H154N10O24Si4. The number of aliphatic hydroxyl groups is 6. The third-order valence-corrected chi connectivity index (χ3v) is 27.8. The van der Waals surface area contributed by atoms with Crippen molar-refractivity contribution in [2.24, 2.45) is 5.73 Å². The van der Waals surface area contributed by atoms with Crippen molar-refractivity contribution < 1.29 is 112 Å². The van der Waals surface area contributed by atoms with Crippen LogP contribution in [0.15, 0.2) is 0 Å². The Kier molecular flexibility index (Phi) is 67.0. The SMILES string of the molecule is CO[Si](CCCOCC(O)CNCCN(CCN(CCNCCN)CC(O)COC(C)(C)C)CC(O)COCCC[Si](OC)(OC)OC)(OC)OC.CO[Si](CCCOCC(O)CNCCN(CCNCCNCCNCC(O)COC(C)(C)C)CC(O)COCCC[Si](OC)(OC)OC)(OC)OC. The smallest absolute Gasteiger partial charge is 0.389 e. The topological polar surface area (TPSA) is 395 Å². The van der Waals surface area contributed by atoms with Gasteiger partial charge in [-0.1, -0.05) is 0 Å². The Morgan fingerprint density at radius 3 is 0.808 bits per heavy atom. The van der Waals surface area contributed by atoms with Gasteiger partial charge in [0, 0.05) is 280 Å². The Morgan fingerprint density at radius 2 is 0.519 bits per heavy atom. The van der Waals surface area contributed by atoms with Gasteiger partial charge in [-0.3, -0.25) is 14.7 Å². The summed E-state index contributed by atoms with van der Waals surface area (Å²) in [7, 11) is 8.48. The monoisotopic (exact) mass is 1580 g/mol. The molecule has 0 aliphatic rings. The molecule has 0 aromatic rings. The van der Waals surface area contributed by atoms with E-state index in [0.29, 0.717) is 175 Å². The number of aliphatic hydroxyl groups excluding tert-OH is 6. The average Bonchev–Trinajstić information content (AvgIpc) is 0.921. The molecule has 0 radical (unpaired) electrons. The van der Waals surface area contributed by atoms with E-state index in [4.69, 9.17) is 87.3 Å². The molecule has 0 heterocycles. The summed E-state index contributed by atoms with van der Waals surface area (Å²) >= 11 is 0. The fraction of sp³-hybridized carbons (Fsp3) is 1.00. The van der Waals surface area contributed by atoms with Crippen LogP contribution in [-0.2, 0) is 81.5 Å². The molecule has 0 amide bonds. The molecular weight excluding hydrogens is 1430 g/mol. The van der Waals surface area contributed by atoms with Gasteiger partial charge >= 0.3 is 35.2 Å². The van der Waals surface area contributed by atoms with E-state index in [1.807, 2.05) is 41.5 Å². The van der Waals surface area contributed by atoms with Crippen LogP contribution in [-0.4, -0.2) is 424 Å². The average molecular weight is 1580 g/mol. The highest BCUT2D eigenvalue weighted by Crippen LogP contribution is 2.19. The lowest BCUT2D eigenvalue weighted by atomic mass is 10.2. The van der Waals surface area contributed by atoms with Gasteiger partial charge in [-0.2, -0.15) is 0 Å². The summed E-state index contributed by atoms with van der Waals surface area (Å²) in [6.45, 7) is 28.8. The van der Waals surface area contributed by atoms with Crippen molar-refractivity contribution in [3.63, 3.8) is 0 Å². The highest BCUT2D eigenvalue weighted by atomic mass is 28.4. The van der Waals surface area contributed by atoms with Crippen LogP contribution in [0.4, 0.5) is 0 Å². The Bertz CT molecular complexity index is 1850. The van der Waals surface area contributed by atoms with Crippen molar-refractivity contribution >= 4 is 35.2 Å². The van der Waals surface area contributed by atoms with Crippen LogP contribution >= 0.6 is 0 Å². The summed E-state index contributed by atoms with van der Waals surface area (Å²) in [6, 6.07) is 2.51. The van der Waals surface area contributed by atoms with Crippen LogP contribution in [0.5, 0.6) is 0 Å². The summed E-state index contributed by atoms with van der Waals surface area (Å²) in [6.07, 6.45) is -1.08. The molecule has 0 spiro atoms. The zero-order valence-electron chi connectivity index (χ0n) is 67.7. The van der Waals surface area contributed by atoms with Crippen LogP contribution < -0.4 is 37.6 Å². The molecule has 0 aliphatic heterocycles. The first-order valence-electron chi connectivity index (χ1n) is 37.0. The van der Waals surface area contributed by atoms with Crippen LogP contribution in [0.2, 0.25) is 24.2 Å². The molecule has 14 N–H and O–H groups in total. The molecule has 0 rings (SSSR count). The van der Waals surface area contributed by atoms with E-state index in [0.717, 1.165) is 52.4 Å². The molecule has 0 saturated carbocycles. The summed E-state index contributed by atoms with van der Waals surface area (Å²) in [4.78, 5) is 6.54. The zero-order valence-corrected chi connectivity index (χ0v) is 71.7. The number of hydrogen-bond donors (Lipinski definition) is 13. The molecule has 34 nitrogen and oxygen atoms in total. The zero-order chi connectivity index (χ0) is 78.5. The molecule has 38 heteroatoms. The van der Waals surface area contributed by atoms with Gasteiger partial charge in [-0.15, -0.1) is 0 Å². The Hall–Kier alpha value is -0.492. The van der Waals surface area contributed by atoms with Crippen molar-refractivity contribution in [3.8, 4) is 0 Å². The quantitative estimate of drug-likeness (QED) is 0.0239. The lowest BCUT2D eigenvalue weighted by molar-refractivity contribution is -0.0566. The summed E-state index contributed by atoms with van der Waals surface area (Å²) < 4.78 is 99.7. The maximum absolute atomic E-state index is 10.9. The predicted octanol–water partition coefficient (Wildman–Crippen LogP) is -1.69. The number of rotatable bonds is 75. The molecule has 6 atom stereocenters. The van der Waals surface area contributed by atoms with Gasteiger partial charge in [0.1, 0.15) is 0 Å². The van der Waals surface area contributed by atoms with E-state index in [1.54, 1.807) is 85.3 Å². The summed E-state index contributed by atoms with van der Waals surface area (Å²) in [5.41, 5.74) is 5.05. The lowest BCUT2D eigenvalue weighted by Gasteiger charge is -2.31. The molecule has 0 aliphatic carbocycles.